The smallest absolute Gasteiger partial charge is 0.306 e. The Bertz CT molecular complexity index is 1090. The summed E-state index contributed by atoms with van der Waals surface area (Å²) in [6.45, 7) is 4.32. The molecule has 2 atom stereocenters. The summed E-state index contributed by atoms with van der Waals surface area (Å²) in [5.41, 5.74) is 0. The molecule has 0 aromatic rings. The Balaban J connectivity index is 4.67. The summed E-state index contributed by atoms with van der Waals surface area (Å²) in [6.07, 6.45) is 40.7. The van der Waals surface area contributed by atoms with Crippen LogP contribution in [0.3, 0.4) is 0 Å². The van der Waals surface area contributed by atoms with E-state index in [-0.39, 0.29) is 49.5 Å². The van der Waals surface area contributed by atoms with E-state index in [2.05, 4.69) is 32.1 Å². The zero-order valence-corrected chi connectivity index (χ0v) is 31.8. The molecule has 0 N–H and O–H groups in total. The number of carbonyl (C=O) groups is 3. The number of quaternary nitrogens is 1. The van der Waals surface area contributed by atoms with Gasteiger partial charge in [-0.15, -0.1) is 0 Å². The standard InChI is InChI=1S/C42H67NO7/c1-6-8-10-12-14-16-18-20-22-24-26-28-30-32-40(44)49-37-38(36-48-35-34-39(42(46)47)43(3,4)5)50-41(45)33-31-29-27-25-23-21-19-17-15-13-11-9-7-2/h9,11,13,15,17,19-23,25-28,38-39H,6-8,10,12,14,16,18,24,29-37H2,1-5H3/b11-9+,15-13+,19-17+,22-20+,23-21+,27-25+,28-26+. The predicted octanol–water partition coefficient (Wildman–Crippen LogP) is 8.07. The summed E-state index contributed by atoms with van der Waals surface area (Å²) >= 11 is 0. The summed E-state index contributed by atoms with van der Waals surface area (Å²) in [5, 5.41) is 11.6. The van der Waals surface area contributed by atoms with E-state index < -0.39 is 24.1 Å². The van der Waals surface area contributed by atoms with Gasteiger partial charge < -0.3 is 28.6 Å². The van der Waals surface area contributed by atoms with Crippen molar-refractivity contribution in [3.05, 3.63) is 85.1 Å². The molecule has 2 unspecified atom stereocenters. The quantitative estimate of drug-likeness (QED) is 0.0237. The molecule has 8 heteroatoms. The summed E-state index contributed by atoms with van der Waals surface area (Å²) < 4.78 is 16.9. The Labute approximate surface area is 303 Å². The van der Waals surface area contributed by atoms with Gasteiger partial charge in [0.05, 0.1) is 40.3 Å². The van der Waals surface area contributed by atoms with Crippen molar-refractivity contribution in [1.82, 2.24) is 0 Å². The number of nitrogens with zero attached hydrogens (tertiary/aromatic N) is 1. The molecule has 0 spiro atoms. The fourth-order valence-corrected chi connectivity index (χ4v) is 4.74. The summed E-state index contributed by atoms with van der Waals surface area (Å²) in [4.78, 5) is 36.6. The van der Waals surface area contributed by atoms with Crippen LogP contribution in [-0.2, 0) is 28.6 Å². The maximum atomic E-state index is 12.6. The van der Waals surface area contributed by atoms with Gasteiger partial charge in [0.25, 0.3) is 0 Å². The van der Waals surface area contributed by atoms with E-state index in [1.54, 1.807) is 21.1 Å². The van der Waals surface area contributed by atoms with Crippen LogP contribution in [0.15, 0.2) is 85.1 Å². The SMILES string of the molecule is CC/C=C/C=C/C=C/C=C/C=C/CCCC(=O)OC(COCCC(C(=O)[O-])[N+](C)(C)C)COC(=O)CC/C=C/C/C=C/CCCCCCCC. The predicted molar refractivity (Wildman–Crippen MR) is 203 cm³/mol. The minimum atomic E-state index is -1.15. The number of rotatable bonds is 31. The van der Waals surface area contributed by atoms with Crippen molar-refractivity contribution in [2.45, 2.75) is 122 Å². The Morgan fingerprint density at radius 2 is 1.24 bits per heavy atom. The third kappa shape index (κ3) is 30.6. The minimum absolute atomic E-state index is 0.0107. The molecule has 0 heterocycles. The van der Waals surface area contributed by atoms with E-state index in [1.807, 2.05) is 66.8 Å². The lowest BCUT2D eigenvalue weighted by molar-refractivity contribution is -0.889. The van der Waals surface area contributed by atoms with Gasteiger partial charge in [0.2, 0.25) is 0 Å². The van der Waals surface area contributed by atoms with E-state index in [0.29, 0.717) is 19.3 Å². The highest BCUT2D eigenvalue weighted by Gasteiger charge is 2.25. The van der Waals surface area contributed by atoms with Crippen molar-refractivity contribution in [3.8, 4) is 0 Å². The van der Waals surface area contributed by atoms with Crippen molar-refractivity contribution < 1.29 is 38.2 Å². The van der Waals surface area contributed by atoms with Gasteiger partial charge >= 0.3 is 11.9 Å². The summed E-state index contributed by atoms with van der Waals surface area (Å²) in [7, 11) is 5.34. The van der Waals surface area contributed by atoms with Gasteiger partial charge in [-0.3, -0.25) is 9.59 Å². The van der Waals surface area contributed by atoms with E-state index in [9.17, 15) is 19.5 Å². The second-order valence-corrected chi connectivity index (χ2v) is 13.2. The van der Waals surface area contributed by atoms with Crippen LogP contribution in [0.4, 0.5) is 0 Å². The number of carbonyl (C=O) groups excluding carboxylic acids is 3. The molecule has 50 heavy (non-hydrogen) atoms. The Morgan fingerprint density at radius 1 is 0.640 bits per heavy atom. The third-order valence-electron chi connectivity index (χ3n) is 7.66. The van der Waals surface area contributed by atoms with Crippen LogP contribution in [0.25, 0.3) is 0 Å². The Hall–Kier alpha value is -3.49. The van der Waals surface area contributed by atoms with Crippen LogP contribution in [0.5, 0.6) is 0 Å². The highest BCUT2D eigenvalue weighted by molar-refractivity contribution is 5.70. The number of ether oxygens (including phenoxy) is 3. The van der Waals surface area contributed by atoms with Gasteiger partial charge in [0, 0.05) is 19.3 Å². The van der Waals surface area contributed by atoms with Crippen LogP contribution in [0, 0.1) is 0 Å². The molecule has 0 radical (unpaired) electrons. The molecule has 0 aliphatic carbocycles. The number of unbranched alkanes of at least 4 members (excludes halogenated alkanes) is 7. The largest absolute Gasteiger partial charge is 0.544 e. The third-order valence-corrected chi connectivity index (χ3v) is 7.66. The molecule has 0 aromatic heterocycles. The van der Waals surface area contributed by atoms with Gasteiger partial charge in [-0.05, 0) is 44.9 Å². The first-order valence-electron chi connectivity index (χ1n) is 18.7. The molecular weight excluding hydrogens is 630 g/mol. The maximum Gasteiger partial charge on any atom is 0.306 e. The van der Waals surface area contributed by atoms with Gasteiger partial charge in [-0.1, -0.05) is 131 Å². The molecule has 8 nitrogen and oxygen atoms in total. The number of carboxylic acids is 1. The molecule has 0 rings (SSSR count). The average Bonchev–Trinajstić information content (AvgIpc) is 3.06. The average molecular weight is 698 g/mol. The van der Waals surface area contributed by atoms with E-state index in [0.717, 1.165) is 19.3 Å². The lowest BCUT2D eigenvalue weighted by Crippen LogP contribution is -2.55. The first-order valence-corrected chi connectivity index (χ1v) is 18.7. The van der Waals surface area contributed by atoms with Gasteiger partial charge in [0.1, 0.15) is 12.6 Å². The van der Waals surface area contributed by atoms with Crippen LogP contribution >= 0.6 is 0 Å². The summed E-state index contributed by atoms with van der Waals surface area (Å²) in [5.74, 6) is -1.93. The molecule has 0 saturated carbocycles. The second-order valence-electron chi connectivity index (χ2n) is 13.2. The molecule has 0 aliphatic heterocycles. The van der Waals surface area contributed by atoms with E-state index in [1.165, 1.54) is 38.5 Å². The molecule has 0 saturated heterocycles. The van der Waals surface area contributed by atoms with Crippen molar-refractivity contribution >= 4 is 17.9 Å². The number of esters is 2. The molecule has 0 amide bonds. The van der Waals surface area contributed by atoms with Crippen LogP contribution in [0.1, 0.15) is 110 Å². The van der Waals surface area contributed by atoms with Gasteiger partial charge in [0.15, 0.2) is 6.10 Å². The number of allylic oxidation sites excluding steroid dienone is 14. The first-order chi connectivity index (χ1) is 24.1. The lowest BCUT2D eigenvalue weighted by atomic mass is 10.1. The molecular formula is C42H67NO7. The van der Waals surface area contributed by atoms with Crippen LogP contribution in [0.2, 0.25) is 0 Å². The number of aliphatic carboxylic acids is 1. The maximum absolute atomic E-state index is 12.6. The highest BCUT2D eigenvalue weighted by atomic mass is 16.6. The van der Waals surface area contributed by atoms with Crippen molar-refractivity contribution in [3.63, 3.8) is 0 Å². The van der Waals surface area contributed by atoms with Crippen molar-refractivity contribution in [1.29, 1.82) is 0 Å². The van der Waals surface area contributed by atoms with Crippen LogP contribution < -0.4 is 5.11 Å². The second kappa shape index (κ2) is 32.7. The Kier molecular flexibility index (Phi) is 30.4. The number of hydrogen-bond acceptors (Lipinski definition) is 7. The molecule has 0 bridgehead atoms. The zero-order valence-electron chi connectivity index (χ0n) is 31.8. The first kappa shape index (κ1) is 46.5. The number of hydrogen-bond donors (Lipinski definition) is 0. The Morgan fingerprint density at radius 3 is 1.88 bits per heavy atom. The van der Waals surface area contributed by atoms with Crippen molar-refractivity contribution in [2.75, 3.05) is 41.0 Å². The van der Waals surface area contributed by atoms with Crippen molar-refractivity contribution in [2.24, 2.45) is 0 Å². The monoisotopic (exact) mass is 697 g/mol. The van der Waals surface area contributed by atoms with Gasteiger partial charge in [-0.2, -0.15) is 0 Å². The number of likely N-dealkylation sites (N-methyl/N-ethyl adjacent to an activating group) is 1. The van der Waals surface area contributed by atoms with Gasteiger partial charge in [-0.25, -0.2) is 0 Å². The fourth-order valence-electron chi connectivity index (χ4n) is 4.74. The highest BCUT2D eigenvalue weighted by Crippen LogP contribution is 2.10. The molecule has 282 valence electrons. The van der Waals surface area contributed by atoms with Crippen LogP contribution in [-0.4, -0.2) is 75.5 Å². The topological polar surface area (TPSA) is 102 Å². The zero-order chi connectivity index (χ0) is 37.1. The lowest BCUT2D eigenvalue weighted by Gasteiger charge is -2.34. The normalized spacial score (nSPS) is 14.0. The van der Waals surface area contributed by atoms with E-state index >= 15 is 0 Å². The van der Waals surface area contributed by atoms with E-state index in [4.69, 9.17) is 14.2 Å². The minimum Gasteiger partial charge on any atom is -0.544 e. The molecule has 0 fully saturated rings. The summed E-state index contributed by atoms with van der Waals surface area (Å²) in [6, 6.07) is -0.749. The number of carboxylic acid groups (broad SMARTS) is 1. The molecule has 0 aliphatic rings. The fraction of sp³-hybridized carbons (Fsp3) is 0.595. The molecule has 0 aromatic carbocycles.